The number of hydrogen-bond acceptors (Lipinski definition) is 7. The fourth-order valence-corrected chi connectivity index (χ4v) is 2.80. The summed E-state index contributed by atoms with van der Waals surface area (Å²) in [6, 6.07) is 5.02. The third kappa shape index (κ3) is 4.42. The number of carbonyl (C=O) groups is 3. The molecule has 2 rings (SSSR count). The van der Waals surface area contributed by atoms with Gasteiger partial charge in [0.1, 0.15) is 18.8 Å². The molecule has 0 spiro atoms. The van der Waals surface area contributed by atoms with Gasteiger partial charge in [0.2, 0.25) is 5.91 Å². The lowest BCUT2D eigenvalue weighted by Gasteiger charge is -2.41. The number of nitrogens with one attached hydrogen (secondary N) is 1. The Labute approximate surface area is 149 Å². The Kier molecular flexibility index (Phi) is 6.04. The number of ketones is 1. The molecule has 1 fully saturated rings. The van der Waals surface area contributed by atoms with Gasteiger partial charge in [-0.2, -0.15) is 0 Å². The summed E-state index contributed by atoms with van der Waals surface area (Å²) < 4.78 is 5.01. The molecule has 1 aliphatic heterocycles. The van der Waals surface area contributed by atoms with Crippen molar-refractivity contribution in [2.45, 2.75) is 39.0 Å². The second kappa shape index (κ2) is 8.05. The van der Waals surface area contributed by atoms with E-state index in [2.05, 4.69) is 5.32 Å². The average molecular weight is 364 g/mol. The van der Waals surface area contributed by atoms with Gasteiger partial charge in [0, 0.05) is 18.1 Å². The third-order valence-electron chi connectivity index (χ3n) is 4.43. The first-order valence-electron chi connectivity index (χ1n) is 8.10. The van der Waals surface area contributed by atoms with E-state index in [0.717, 1.165) is 0 Å². The number of nitro groups is 1. The van der Waals surface area contributed by atoms with Crippen LogP contribution < -0.4 is 5.32 Å². The van der Waals surface area contributed by atoms with Crippen LogP contribution in [-0.4, -0.2) is 39.8 Å². The van der Waals surface area contributed by atoms with Gasteiger partial charge in [0.05, 0.1) is 23.0 Å². The van der Waals surface area contributed by atoms with Crippen molar-refractivity contribution in [3.05, 3.63) is 39.9 Å². The zero-order valence-electron chi connectivity index (χ0n) is 14.4. The first-order chi connectivity index (χ1) is 12.2. The molecule has 4 atom stereocenters. The van der Waals surface area contributed by atoms with Crippen LogP contribution in [0.4, 0.5) is 5.69 Å². The fourth-order valence-electron chi connectivity index (χ4n) is 2.80. The van der Waals surface area contributed by atoms with Gasteiger partial charge in [-0.3, -0.25) is 24.5 Å². The Balaban J connectivity index is 1.82. The number of nitrogens with zero attached hydrogens (tertiary/aromatic N) is 1. The minimum Gasteiger partial charge on any atom is -0.460 e. The number of hydrogen-bond donors (Lipinski definition) is 2. The van der Waals surface area contributed by atoms with Crippen molar-refractivity contribution in [3.8, 4) is 0 Å². The molecule has 2 N–H and O–H groups in total. The maximum atomic E-state index is 12.2. The number of rotatable bonds is 8. The number of non-ortho nitro benzene ring substituents is 1. The number of Topliss-reactive ketones (excluding diaryl/α,β-unsaturated/α-hetero) is 1. The van der Waals surface area contributed by atoms with Crippen molar-refractivity contribution in [1.29, 1.82) is 0 Å². The van der Waals surface area contributed by atoms with E-state index >= 15 is 0 Å². The Morgan fingerprint density at radius 1 is 1.31 bits per heavy atom. The van der Waals surface area contributed by atoms with Gasteiger partial charge in [0.15, 0.2) is 0 Å². The van der Waals surface area contributed by atoms with E-state index in [0.29, 0.717) is 5.56 Å². The first kappa shape index (κ1) is 19.5. The minimum absolute atomic E-state index is 0.0701. The molecule has 1 saturated heterocycles. The van der Waals surface area contributed by atoms with Crippen molar-refractivity contribution in [3.63, 3.8) is 0 Å². The molecular formula is C17H20N2O7. The van der Waals surface area contributed by atoms with E-state index in [1.165, 1.54) is 31.2 Å². The summed E-state index contributed by atoms with van der Waals surface area (Å²) in [5.41, 5.74) is 0.490. The van der Waals surface area contributed by atoms with Crippen molar-refractivity contribution < 1.29 is 29.2 Å². The van der Waals surface area contributed by atoms with Crippen LogP contribution in [0.2, 0.25) is 0 Å². The topological polar surface area (TPSA) is 136 Å². The van der Waals surface area contributed by atoms with Crippen LogP contribution in [0, 0.1) is 22.0 Å². The largest absolute Gasteiger partial charge is 0.460 e. The van der Waals surface area contributed by atoms with Crippen LogP contribution in [0.1, 0.15) is 25.8 Å². The molecule has 0 radical (unpaired) electrons. The smallest absolute Gasteiger partial charge is 0.313 e. The standard InChI is InChI=1S/C17H20N2O7/c1-9(16-15(10(2)20)17(23)18-16)13(21)7-14(22)26-8-11-3-5-12(6-4-11)19(24)25/h3-6,9-10,15-16,20H,7-8H2,1-2H3,(H,18,23)/t9?,10-,15+,16-/m1/s1. The van der Waals surface area contributed by atoms with Gasteiger partial charge in [-0.15, -0.1) is 0 Å². The van der Waals surface area contributed by atoms with Crippen LogP contribution in [0.15, 0.2) is 24.3 Å². The number of benzene rings is 1. The Morgan fingerprint density at radius 3 is 2.42 bits per heavy atom. The van der Waals surface area contributed by atoms with E-state index in [4.69, 9.17) is 4.74 Å². The Hall–Kier alpha value is -2.81. The monoisotopic (exact) mass is 364 g/mol. The van der Waals surface area contributed by atoms with E-state index < -0.39 is 47.1 Å². The van der Waals surface area contributed by atoms with Crippen molar-refractivity contribution in [1.82, 2.24) is 5.32 Å². The molecule has 1 aromatic carbocycles. The van der Waals surface area contributed by atoms with Crippen LogP contribution in [0.5, 0.6) is 0 Å². The van der Waals surface area contributed by atoms with Gasteiger partial charge >= 0.3 is 5.97 Å². The summed E-state index contributed by atoms with van der Waals surface area (Å²) in [6.07, 6.45) is -1.33. The van der Waals surface area contributed by atoms with Gasteiger partial charge in [-0.05, 0) is 24.6 Å². The summed E-state index contributed by atoms with van der Waals surface area (Å²) >= 11 is 0. The number of amides is 1. The number of aliphatic hydroxyl groups excluding tert-OH is 1. The molecule has 0 saturated carbocycles. The molecule has 0 aliphatic carbocycles. The third-order valence-corrected chi connectivity index (χ3v) is 4.43. The maximum absolute atomic E-state index is 12.2. The van der Waals surface area contributed by atoms with Crippen LogP contribution in [-0.2, 0) is 25.7 Å². The van der Waals surface area contributed by atoms with Crippen molar-refractivity contribution in [2.75, 3.05) is 0 Å². The van der Waals surface area contributed by atoms with Crippen molar-refractivity contribution >= 4 is 23.3 Å². The highest BCUT2D eigenvalue weighted by Crippen LogP contribution is 2.26. The predicted molar refractivity (Wildman–Crippen MR) is 88.8 cm³/mol. The average Bonchev–Trinajstić information content (AvgIpc) is 2.56. The van der Waals surface area contributed by atoms with Crippen molar-refractivity contribution in [2.24, 2.45) is 11.8 Å². The lowest BCUT2D eigenvalue weighted by molar-refractivity contribution is -0.384. The van der Waals surface area contributed by atoms with E-state index in [-0.39, 0.29) is 18.2 Å². The van der Waals surface area contributed by atoms with Crippen LogP contribution in [0.3, 0.4) is 0 Å². The molecular weight excluding hydrogens is 344 g/mol. The molecule has 140 valence electrons. The predicted octanol–water partition coefficient (Wildman–Crippen LogP) is 0.729. The van der Waals surface area contributed by atoms with Crippen LogP contribution in [0.25, 0.3) is 0 Å². The Morgan fingerprint density at radius 2 is 1.92 bits per heavy atom. The molecule has 1 amide bonds. The Bertz CT molecular complexity index is 714. The number of aliphatic hydroxyl groups is 1. The summed E-state index contributed by atoms with van der Waals surface area (Å²) in [4.78, 5) is 45.5. The van der Waals surface area contributed by atoms with Gasteiger partial charge in [0.25, 0.3) is 5.69 Å². The minimum atomic E-state index is -0.877. The van der Waals surface area contributed by atoms with Crippen LogP contribution >= 0.6 is 0 Å². The highest BCUT2D eigenvalue weighted by atomic mass is 16.6. The SMILES string of the molecule is CC(C(=O)CC(=O)OCc1ccc([N+](=O)[O-])cc1)[C@H]1NC(=O)[C@H]1[C@@H](C)O. The molecule has 9 nitrogen and oxygen atoms in total. The second-order valence-corrected chi connectivity index (χ2v) is 6.32. The van der Waals surface area contributed by atoms with Gasteiger partial charge in [-0.25, -0.2) is 0 Å². The molecule has 1 aliphatic rings. The summed E-state index contributed by atoms with van der Waals surface area (Å²) in [5, 5.41) is 22.7. The molecule has 9 heteroatoms. The molecule has 1 unspecified atom stereocenters. The number of esters is 1. The highest BCUT2D eigenvalue weighted by molar-refractivity contribution is 5.98. The number of nitro benzene ring substituents is 1. The number of carbonyl (C=O) groups excluding carboxylic acids is 3. The van der Waals surface area contributed by atoms with E-state index in [1.807, 2.05) is 0 Å². The number of ether oxygens (including phenoxy) is 1. The van der Waals surface area contributed by atoms with Gasteiger partial charge in [-0.1, -0.05) is 6.92 Å². The lowest BCUT2D eigenvalue weighted by Crippen LogP contribution is -2.65. The molecule has 1 aromatic rings. The second-order valence-electron chi connectivity index (χ2n) is 6.32. The zero-order chi connectivity index (χ0) is 19.4. The van der Waals surface area contributed by atoms with Gasteiger partial charge < -0.3 is 15.2 Å². The molecule has 0 aromatic heterocycles. The summed E-state index contributed by atoms with van der Waals surface area (Å²) in [7, 11) is 0. The summed E-state index contributed by atoms with van der Waals surface area (Å²) in [5.74, 6) is -2.72. The van der Waals surface area contributed by atoms with E-state index in [1.54, 1.807) is 6.92 Å². The zero-order valence-corrected chi connectivity index (χ0v) is 14.4. The number of β-lactam (4-membered cyclic amide) rings is 1. The summed E-state index contributed by atoms with van der Waals surface area (Å²) in [6.45, 7) is 2.96. The lowest BCUT2D eigenvalue weighted by atomic mass is 9.77. The normalized spacial score (nSPS) is 21.1. The first-order valence-corrected chi connectivity index (χ1v) is 8.10. The molecule has 26 heavy (non-hydrogen) atoms. The quantitative estimate of drug-likeness (QED) is 0.228. The molecule has 0 bridgehead atoms. The maximum Gasteiger partial charge on any atom is 0.313 e. The fraction of sp³-hybridized carbons (Fsp3) is 0.471. The highest BCUT2D eigenvalue weighted by Gasteiger charge is 2.47. The van der Waals surface area contributed by atoms with E-state index in [9.17, 15) is 29.6 Å². The molecule has 1 heterocycles.